The minimum Gasteiger partial charge on any atom is -0.478 e. The molecule has 0 aliphatic rings. The average molecular weight is 235 g/mol. The number of aryl methyl sites for hydroxylation is 1. The van der Waals surface area contributed by atoms with Gasteiger partial charge in [0.2, 0.25) is 0 Å². The van der Waals surface area contributed by atoms with Crippen molar-refractivity contribution in [1.29, 1.82) is 0 Å². The van der Waals surface area contributed by atoms with Gasteiger partial charge < -0.3 is 9.52 Å². The molecule has 1 aromatic carbocycles. The predicted molar refractivity (Wildman–Crippen MR) is 58.8 cm³/mol. The van der Waals surface area contributed by atoms with Crippen LogP contribution in [0.1, 0.15) is 15.9 Å². The Morgan fingerprint density at radius 2 is 2.31 bits per heavy atom. The Labute approximate surface area is 96.3 Å². The zero-order chi connectivity index (χ0) is 11.5. The molecule has 0 aliphatic heterocycles. The minimum atomic E-state index is -0.950. The van der Waals surface area contributed by atoms with Gasteiger partial charge in [-0.3, -0.25) is 0 Å². The largest absolute Gasteiger partial charge is 0.478 e. The van der Waals surface area contributed by atoms with Crippen LogP contribution >= 0.6 is 11.8 Å². The third kappa shape index (κ3) is 2.25. The molecule has 82 valence electrons. The molecule has 4 nitrogen and oxygen atoms in total. The van der Waals surface area contributed by atoms with Crippen molar-refractivity contribution < 1.29 is 14.3 Å². The van der Waals surface area contributed by atoms with Crippen LogP contribution in [0.3, 0.4) is 0 Å². The Balaban J connectivity index is 2.38. The number of aromatic carboxylic acids is 1. The van der Waals surface area contributed by atoms with Gasteiger partial charge in [0.25, 0.3) is 5.22 Å². The highest BCUT2D eigenvalue weighted by molar-refractivity contribution is 7.99. The average Bonchev–Trinajstić information content (AvgIpc) is 2.70. The number of nitrogens with zero attached hydrogens (tertiary/aromatic N) is 1. The van der Waals surface area contributed by atoms with Gasteiger partial charge in [-0.25, -0.2) is 9.78 Å². The Morgan fingerprint density at radius 1 is 1.50 bits per heavy atom. The fraction of sp³-hybridized carbons (Fsp3) is 0.0909. The van der Waals surface area contributed by atoms with Gasteiger partial charge in [-0.2, -0.15) is 0 Å². The van der Waals surface area contributed by atoms with E-state index in [0.29, 0.717) is 10.1 Å². The summed E-state index contributed by atoms with van der Waals surface area (Å²) in [7, 11) is 0. The van der Waals surface area contributed by atoms with Crippen molar-refractivity contribution >= 4 is 17.7 Å². The van der Waals surface area contributed by atoms with Crippen LogP contribution in [0.2, 0.25) is 0 Å². The molecule has 0 bridgehead atoms. The second-order valence-corrected chi connectivity index (χ2v) is 4.20. The maximum atomic E-state index is 11.0. The number of carboxylic acids is 1. The SMILES string of the molecule is Cc1ccc(C(=O)O)c(Sc2ncco2)c1. The third-order valence-corrected chi connectivity index (χ3v) is 2.91. The molecule has 0 aliphatic carbocycles. The van der Waals surface area contributed by atoms with Crippen LogP contribution in [0.15, 0.2) is 45.2 Å². The topological polar surface area (TPSA) is 63.3 Å². The first kappa shape index (κ1) is 10.8. The monoisotopic (exact) mass is 235 g/mol. The summed E-state index contributed by atoms with van der Waals surface area (Å²) in [6.45, 7) is 1.91. The summed E-state index contributed by atoms with van der Waals surface area (Å²) in [5.74, 6) is -0.950. The zero-order valence-corrected chi connectivity index (χ0v) is 9.32. The van der Waals surface area contributed by atoms with Crippen LogP contribution in [-0.4, -0.2) is 16.1 Å². The summed E-state index contributed by atoms with van der Waals surface area (Å²) >= 11 is 1.20. The van der Waals surface area contributed by atoms with Crippen molar-refractivity contribution in [2.45, 2.75) is 17.0 Å². The van der Waals surface area contributed by atoms with E-state index < -0.39 is 5.97 Å². The Kier molecular flexibility index (Phi) is 2.96. The Morgan fingerprint density at radius 3 is 2.94 bits per heavy atom. The maximum Gasteiger partial charge on any atom is 0.336 e. The van der Waals surface area contributed by atoms with Crippen molar-refractivity contribution in [1.82, 2.24) is 4.98 Å². The molecule has 0 unspecified atom stereocenters. The zero-order valence-electron chi connectivity index (χ0n) is 8.51. The fourth-order valence-electron chi connectivity index (χ4n) is 1.25. The third-order valence-electron chi connectivity index (χ3n) is 1.97. The van der Waals surface area contributed by atoms with Gasteiger partial charge in [0, 0.05) is 4.90 Å². The van der Waals surface area contributed by atoms with Gasteiger partial charge in [-0.15, -0.1) is 0 Å². The highest BCUT2D eigenvalue weighted by Crippen LogP contribution is 2.30. The van der Waals surface area contributed by atoms with E-state index in [1.54, 1.807) is 18.2 Å². The first-order chi connectivity index (χ1) is 7.66. The van der Waals surface area contributed by atoms with Crippen molar-refractivity contribution in [2.24, 2.45) is 0 Å². The molecule has 5 heteroatoms. The molecule has 0 atom stereocenters. The summed E-state index contributed by atoms with van der Waals surface area (Å²) in [5, 5.41) is 9.46. The van der Waals surface area contributed by atoms with Crippen molar-refractivity contribution in [3.8, 4) is 0 Å². The second-order valence-electron chi connectivity index (χ2n) is 3.20. The highest BCUT2D eigenvalue weighted by Gasteiger charge is 2.12. The van der Waals surface area contributed by atoms with Crippen LogP contribution in [0.25, 0.3) is 0 Å². The van der Waals surface area contributed by atoms with Gasteiger partial charge >= 0.3 is 5.97 Å². The molecular weight excluding hydrogens is 226 g/mol. The molecule has 1 heterocycles. The van der Waals surface area contributed by atoms with E-state index in [-0.39, 0.29) is 5.56 Å². The number of carboxylic acid groups (broad SMARTS) is 1. The molecule has 0 amide bonds. The van der Waals surface area contributed by atoms with Gasteiger partial charge in [0.05, 0.1) is 11.8 Å². The lowest BCUT2D eigenvalue weighted by Gasteiger charge is -2.04. The lowest BCUT2D eigenvalue weighted by atomic mass is 10.1. The van der Waals surface area contributed by atoms with Crippen LogP contribution < -0.4 is 0 Å². The first-order valence-corrected chi connectivity index (χ1v) is 5.40. The molecular formula is C11H9NO3S. The maximum absolute atomic E-state index is 11.0. The molecule has 0 radical (unpaired) electrons. The first-order valence-electron chi connectivity index (χ1n) is 4.58. The normalized spacial score (nSPS) is 10.3. The molecule has 0 saturated carbocycles. The van der Waals surface area contributed by atoms with Gasteiger partial charge in [-0.1, -0.05) is 6.07 Å². The van der Waals surface area contributed by atoms with E-state index in [0.717, 1.165) is 5.56 Å². The highest BCUT2D eigenvalue weighted by atomic mass is 32.2. The summed E-state index contributed by atoms with van der Waals surface area (Å²) < 4.78 is 5.07. The number of hydrogen-bond donors (Lipinski definition) is 1. The lowest BCUT2D eigenvalue weighted by Crippen LogP contribution is -1.98. The Hall–Kier alpha value is -1.75. The van der Waals surface area contributed by atoms with E-state index in [2.05, 4.69) is 4.98 Å². The molecule has 0 fully saturated rings. The predicted octanol–water partition coefficient (Wildman–Crippen LogP) is 2.83. The van der Waals surface area contributed by atoms with Gasteiger partial charge in [0.15, 0.2) is 0 Å². The second kappa shape index (κ2) is 4.40. The number of rotatable bonds is 3. The summed E-state index contributed by atoms with van der Waals surface area (Å²) in [6.07, 6.45) is 2.98. The summed E-state index contributed by atoms with van der Waals surface area (Å²) in [5.41, 5.74) is 1.26. The van der Waals surface area contributed by atoms with Crippen molar-refractivity contribution in [3.63, 3.8) is 0 Å². The van der Waals surface area contributed by atoms with E-state index in [1.165, 1.54) is 24.2 Å². The quantitative estimate of drug-likeness (QED) is 0.886. The number of hydrogen-bond acceptors (Lipinski definition) is 4. The van der Waals surface area contributed by atoms with E-state index >= 15 is 0 Å². The van der Waals surface area contributed by atoms with E-state index in [4.69, 9.17) is 9.52 Å². The standard InChI is InChI=1S/C11H9NO3S/c1-7-2-3-8(10(13)14)9(6-7)16-11-12-4-5-15-11/h2-6H,1H3,(H,13,14). The number of carbonyl (C=O) groups is 1. The fourth-order valence-corrected chi connectivity index (χ4v) is 2.16. The van der Waals surface area contributed by atoms with Crippen LogP contribution in [-0.2, 0) is 0 Å². The van der Waals surface area contributed by atoms with Crippen LogP contribution in [0.4, 0.5) is 0 Å². The molecule has 1 aromatic heterocycles. The van der Waals surface area contributed by atoms with Crippen molar-refractivity contribution in [3.05, 3.63) is 41.8 Å². The molecule has 2 rings (SSSR count). The molecule has 0 saturated heterocycles. The molecule has 2 aromatic rings. The molecule has 0 spiro atoms. The van der Waals surface area contributed by atoms with E-state index in [9.17, 15) is 4.79 Å². The molecule has 1 N–H and O–H groups in total. The molecule has 16 heavy (non-hydrogen) atoms. The number of oxazole rings is 1. The van der Waals surface area contributed by atoms with Crippen LogP contribution in [0, 0.1) is 6.92 Å². The summed E-state index contributed by atoms with van der Waals surface area (Å²) in [4.78, 5) is 15.6. The van der Waals surface area contributed by atoms with Gasteiger partial charge in [0.1, 0.15) is 6.26 Å². The van der Waals surface area contributed by atoms with Crippen molar-refractivity contribution in [2.75, 3.05) is 0 Å². The lowest BCUT2D eigenvalue weighted by molar-refractivity contribution is 0.0693. The van der Waals surface area contributed by atoms with E-state index in [1.807, 2.05) is 6.92 Å². The Bertz CT molecular complexity index is 508. The number of aromatic nitrogens is 1. The summed E-state index contributed by atoms with van der Waals surface area (Å²) in [6, 6.07) is 5.16. The minimum absolute atomic E-state index is 0.258. The smallest absolute Gasteiger partial charge is 0.336 e. The number of benzene rings is 1. The van der Waals surface area contributed by atoms with Gasteiger partial charge in [-0.05, 0) is 36.4 Å². The van der Waals surface area contributed by atoms with Crippen LogP contribution in [0.5, 0.6) is 0 Å².